The lowest BCUT2D eigenvalue weighted by Crippen LogP contribution is -2.13. The molecule has 1 nitrogen and oxygen atoms in total. The first-order valence-corrected chi connectivity index (χ1v) is 4.65. The maximum atomic E-state index is 13.3. The molecule has 1 atom stereocenters. The molecule has 0 amide bonds. The molecule has 0 aliphatic heterocycles. The molecule has 14 heavy (non-hydrogen) atoms. The number of hydrogen-bond donors (Lipinski definition) is 0. The number of carbonyl (C=O) groups is 1. The Labute approximate surface area is 80.7 Å². The fraction of sp³-hybridized carbons (Fsp3) is 0.364. The zero-order valence-electron chi connectivity index (χ0n) is 7.59. The molecule has 0 saturated heterocycles. The summed E-state index contributed by atoms with van der Waals surface area (Å²) in [5.41, 5.74) is 1.04. The average Bonchev–Trinajstić information content (AvgIpc) is 2.17. The van der Waals surface area contributed by atoms with Crippen LogP contribution >= 0.6 is 0 Å². The van der Waals surface area contributed by atoms with Gasteiger partial charge >= 0.3 is 0 Å². The van der Waals surface area contributed by atoms with Crippen LogP contribution in [0.3, 0.4) is 0 Å². The lowest BCUT2D eigenvalue weighted by atomic mass is 9.83. The Bertz CT molecular complexity index is 374. The number of aldehydes is 1. The topological polar surface area (TPSA) is 17.1 Å². The molecule has 1 aliphatic carbocycles. The lowest BCUT2D eigenvalue weighted by Gasteiger charge is -2.21. The van der Waals surface area contributed by atoms with Crippen molar-refractivity contribution in [2.75, 3.05) is 0 Å². The molecule has 74 valence electrons. The summed E-state index contributed by atoms with van der Waals surface area (Å²) in [6.45, 7) is 0. The van der Waals surface area contributed by atoms with Gasteiger partial charge in [-0.05, 0) is 36.5 Å². The van der Waals surface area contributed by atoms with Gasteiger partial charge in [0.15, 0.2) is 0 Å². The molecule has 1 aromatic rings. The third kappa shape index (κ3) is 1.43. The van der Waals surface area contributed by atoms with E-state index in [1.54, 1.807) is 0 Å². The molecular weight excluding hydrogens is 186 g/mol. The summed E-state index contributed by atoms with van der Waals surface area (Å²) in [4.78, 5) is 10.7. The highest BCUT2D eigenvalue weighted by Gasteiger charge is 2.23. The summed E-state index contributed by atoms with van der Waals surface area (Å²) in [6, 6.07) is 2.16. The average molecular weight is 196 g/mol. The van der Waals surface area contributed by atoms with E-state index in [2.05, 4.69) is 0 Å². The lowest BCUT2D eigenvalue weighted by molar-refractivity contribution is -0.109. The van der Waals surface area contributed by atoms with Crippen LogP contribution in [0, 0.1) is 11.6 Å². The second kappa shape index (κ2) is 3.48. The second-order valence-electron chi connectivity index (χ2n) is 3.59. The Hall–Kier alpha value is -1.25. The van der Waals surface area contributed by atoms with Crippen LogP contribution in [0.15, 0.2) is 12.1 Å². The maximum Gasteiger partial charge on any atom is 0.129 e. The van der Waals surface area contributed by atoms with Crippen LogP contribution in [-0.2, 0) is 11.2 Å². The molecule has 2 rings (SSSR count). The number of carbonyl (C=O) groups excluding carboxylic acids is 1. The molecule has 0 bridgehead atoms. The van der Waals surface area contributed by atoms with Crippen LogP contribution < -0.4 is 0 Å². The van der Waals surface area contributed by atoms with E-state index < -0.39 is 11.6 Å². The van der Waals surface area contributed by atoms with Gasteiger partial charge < -0.3 is 4.79 Å². The molecule has 0 saturated carbocycles. The summed E-state index contributed by atoms with van der Waals surface area (Å²) in [6.07, 6.45) is 2.86. The van der Waals surface area contributed by atoms with E-state index in [0.29, 0.717) is 24.0 Å². The normalized spacial score (nSPS) is 20.3. The van der Waals surface area contributed by atoms with Crippen LogP contribution in [0.2, 0.25) is 0 Å². The zero-order chi connectivity index (χ0) is 10.1. The third-order valence-electron chi connectivity index (χ3n) is 2.70. The van der Waals surface area contributed by atoms with E-state index in [1.165, 1.54) is 6.07 Å². The zero-order valence-corrected chi connectivity index (χ0v) is 7.59. The van der Waals surface area contributed by atoms with E-state index in [9.17, 15) is 13.6 Å². The van der Waals surface area contributed by atoms with Gasteiger partial charge in [0.1, 0.15) is 17.9 Å². The van der Waals surface area contributed by atoms with Crippen molar-refractivity contribution in [3.63, 3.8) is 0 Å². The van der Waals surface area contributed by atoms with Crippen LogP contribution in [0.5, 0.6) is 0 Å². The van der Waals surface area contributed by atoms with Crippen molar-refractivity contribution >= 4 is 6.29 Å². The Balaban J connectivity index is 2.56. The first kappa shape index (κ1) is 9.31. The Morgan fingerprint density at radius 1 is 1.36 bits per heavy atom. The van der Waals surface area contributed by atoms with E-state index in [0.717, 1.165) is 18.8 Å². The number of hydrogen-bond acceptors (Lipinski definition) is 1. The van der Waals surface area contributed by atoms with Crippen LogP contribution in [0.1, 0.15) is 29.9 Å². The van der Waals surface area contributed by atoms with E-state index in [-0.39, 0.29) is 5.92 Å². The van der Waals surface area contributed by atoms with Crippen LogP contribution in [0.4, 0.5) is 8.78 Å². The highest BCUT2D eigenvalue weighted by molar-refractivity contribution is 5.64. The fourth-order valence-electron chi connectivity index (χ4n) is 2.01. The van der Waals surface area contributed by atoms with Gasteiger partial charge in [0.2, 0.25) is 0 Å². The summed E-state index contributed by atoms with van der Waals surface area (Å²) in [7, 11) is 0. The molecule has 0 radical (unpaired) electrons. The van der Waals surface area contributed by atoms with Crippen molar-refractivity contribution in [3.8, 4) is 0 Å². The monoisotopic (exact) mass is 196 g/mol. The highest BCUT2D eigenvalue weighted by Crippen LogP contribution is 2.32. The Kier molecular flexibility index (Phi) is 2.32. The molecule has 0 heterocycles. The molecule has 3 heteroatoms. The maximum absolute atomic E-state index is 13.3. The first-order chi connectivity index (χ1) is 6.72. The Morgan fingerprint density at radius 2 is 2.14 bits per heavy atom. The van der Waals surface area contributed by atoms with Crippen molar-refractivity contribution in [3.05, 3.63) is 34.9 Å². The second-order valence-corrected chi connectivity index (χ2v) is 3.59. The van der Waals surface area contributed by atoms with Gasteiger partial charge in [0.05, 0.1) is 0 Å². The largest absolute Gasteiger partial charge is 0.303 e. The third-order valence-corrected chi connectivity index (χ3v) is 2.70. The number of halogens is 2. The molecule has 1 unspecified atom stereocenters. The van der Waals surface area contributed by atoms with Gasteiger partial charge in [-0.25, -0.2) is 8.78 Å². The molecule has 0 N–H and O–H groups in total. The number of fused-ring (bicyclic) bond motifs is 1. The minimum Gasteiger partial charge on any atom is -0.303 e. The van der Waals surface area contributed by atoms with Crippen LogP contribution in [-0.4, -0.2) is 6.29 Å². The SMILES string of the molecule is O=CC1CCCc2c(F)cc(F)cc21. The predicted octanol–water partition coefficient (Wildman–Crippen LogP) is 2.58. The quantitative estimate of drug-likeness (QED) is 0.631. The van der Waals surface area contributed by atoms with Gasteiger partial charge in [-0.2, -0.15) is 0 Å². The van der Waals surface area contributed by atoms with Crippen LogP contribution in [0.25, 0.3) is 0 Å². The smallest absolute Gasteiger partial charge is 0.129 e. The van der Waals surface area contributed by atoms with Crippen molar-refractivity contribution in [2.45, 2.75) is 25.2 Å². The van der Waals surface area contributed by atoms with Crippen molar-refractivity contribution < 1.29 is 13.6 Å². The van der Waals surface area contributed by atoms with Gasteiger partial charge in [-0.15, -0.1) is 0 Å². The van der Waals surface area contributed by atoms with Gasteiger partial charge in [-0.3, -0.25) is 0 Å². The summed E-state index contributed by atoms with van der Waals surface area (Å²) in [5, 5.41) is 0. The summed E-state index contributed by atoms with van der Waals surface area (Å²) in [5.74, 6) is -1.45. The van der Waals surface area contributed by atoms with Crippen molar-refractivity contribution in [1.82, 2.24) is 0 Å². The van der Waals surface area contributed by atoms with Crippen molar-refractivity contribution in [1.29, 1.82) is 0 Å². The Morgan fingerprint density at radius 3 is 2.86 bits per heavy atom. The van der Waals surface area contributed by atoms with Crippen molar-refractivity contribution in [2.24, 2.45) is 0 Å². The first-order valence-electron chi connectivity index (χ1n) is 4.65. The van der Waals surface area contributed by atoms with E-state index in [4.69, 9.17) is 0 Å². The summed E-state index contributed by atoms with van der Waals surface area (Å²) >= 11 is 0. The number of rotatable bonds is 1. The molecule has 0 aromatic heterocycles. The molecular formula is C11H10F2O. The minimum absolute atomic E-state index is 0.330. The molecule has 1 aromatic carbocycles. The fourth-order valence-corrected chi connectivity index (χ4v) is 2.01. The van der Waals surface area contributed by atoms with Gasteiger partial charge in [-0.1, -0.05) is 0 Å². The predicted molar refractivity (Wildman–Crippen MR) is 48.1 cm³/mol. The van der Waals surface area contributed by atoms with Gasteiger partial charge in [0.25, 0.3) is 0 Å². The number of benzene rings is 1. The molecule has 0 fully saturated rings. The molecule has 0 spiro atoms. The summed E-state index contributed by atoms with van der Waals surface area (Å²) < 4.78 is 26.2. The minimum atomic E-state index is -0.602. The molecule has 1 aliphatic rings. The van der Waals surface area contributed by atoms with E-state index in [1.807, 2.05) is 0 Å². The standard InChI is InChI=1S/C11H10F2O/c12-8-4-10-7(6-14)2-1-3-9(10)11(13)5-8/h4-7H,1-3H2. The van der Waals surface area contributed by atoms with E-state index >= 15 is 0 Å². The van der Waals surface area contributed by atoms with Gasteiger partial charge in [0, 0.05) is 12.0 Å². The highest BCUT2D eigenvalue weighted by atomic mass is 19.1.